The van der Waals surface area contributed by atoms with Gasteiger partial charge in [0.1, 0.15) is 0 Å². The van der Waals surface area contributed by atoms with E-state index in [2.05, 4.69) is 36.5 Å². The molecule has 34 heavy (non-hydrogen) atoms. The Kier molecular flexibility index (Phi) is 6.04. The summed E-state index contributed by atoms with van der Waals surface area (Å²) in [4.78, 5) is 28.8. The average Bonchev–Trinajstić information content (AvgIpc) is 3.46. The number of hydrogen-bond donors (Lipinski definition) is 2. The second-order valence-corrected chi connectivity index (χ2v) is 8.70. The second kappa shape index (κ2) is 9.28. The molecule has 0 aliphatic carbocycles. The molecule has 3 heterocycles. The van der Waals surface area contributed by atoms with E-state index in [-0.39, 0.29) is 11.5 Å². The SMILES string of the molecule is CC(=O)c1ccc2c(NC(=O)c3cc(CN4CCN(c5cccc(Cl)c5)CC4)on3)n[nH]c2c1. The number of hydrogen-bond acceptors (Lipinski definition) is 7. The first kappa shape index (κ1) is 22.1. The van der Waals surface area contributed by atoms with Crippen molar-refractivity contribution in [3.8, 4) is 0 Å². The van der Waals surface area contributed by atoms with Gasteiger partial charge in [-0.05, 0) is 37.3 Å². The van der Waals surface area contributed by atoms with Crippen LogP contribution in [-0.2, 0) is 6.54 Å². The molecule has 2 aromatic carbocycles. The highest BCUT2D eigenvalue weighted by Crippen LogP contribution is 2.23. The number of halogens is 1. The van der Waals surface area contributed by atoms with Crippen LogP contribution in [0.4, 0.5) is 11.5 Å². The molecule has 1 fully saturated rings. The Hall–Kier alpha value is -3.69. The Labute approximate surface area is 200 Å². The minimum Gasteiger partial charge on any atom is -0.369 e. The number of fused-ring (bicyclic) bond motifs is 1. The molecule has 0 bridgehead atoms. The molecule has 1 saturated heterocycles. The van der Waals surface area contributed by atoms with E-state index in [1.54, 1.807) is 24.3 Å². The lowest BCUT2D eigenvalue weighted by Crippen LogP contribution is -2.45. The minimum atomic E-state index is -0.412. The van der Waals surface area contributed by atoms with Crippen LogP contribution in [0.1, 0.15) is 33.5 Å². The van der Waals surface area contributed by atoms with Crippen LogP contribution in [0, 0.1) is 0 Å². The summed E-state index contributed by atoms with van der Waals surface area (Å²) in [7, 11) is 0. The third-order valence-corrected chi connectivity index (χ3v) is 6.15. The Morgan fingerprint density at radius 1 is 1.12 bits per heavy atom. The Balaban J connectivity index is 1.19. The fourth-order valence-corrected chi connectivity index (χ4v) is 4.24. The summed E-state index contributed by atoms with van der Waals surface area (Å²) >= 11 is 6.11. The van der Waals surface area contributed by atoms with Crippen LogP contribution < -0.4 is 10.2 Å². The van der Waals surface area contributed by atoms with Crippen LogP contribution in [0.25, 0.3) is 10.9 Å². The number of ketones is 1. The van der Waals surface area contributed by atoms with Crippen molar-refractivity contribution >= 4 is 45.7 Å². The number of benzene rings is 2. The zero-order chi connectivity index (χ0) is 23.7. The van der Waals surface area contributed by atoms with Gasteiger partial charge in [-0.15, -0.1) is 0 Å². The summed E-state index contributed by atoms with van der Waals surface area (Å²) in [6.45, 7) is 5.54. The molecule has 0 atom stereocenters. The zero-order valence-corrected chi connectivity index (χ0v) is 19.3. The molecule has 5 rings (SSSR count). The van der Waals surface area contributed by atoms with E-state index in [9.17, 15) is 9.59 Å². The second-order valence-electron chi connectivity index (χ2n) is 8.26. The van der Waals surface area contributed by atoms with Crippen molar-refractivity contribution < 1.29 is 14.1 Å². The number of anilines is 2. The summed E-state index contributed by atoms with van der Waals surface area (Å²) in [6.07, 6.45) is 0. The van der Waals surface area contributed by atoms with E-state index < -0.39 is 5.91 Å². The van der Waals surface area contributed by atoms with Crippen LogP contribution in [-0.4, -0.2) is 58.1 Å². The molecule has 1 aliphatic heterocycles. The van der Waals surface area contributed by atoms with E-state index in [4.69, 9.17) is 16.1 Å². The number of H-pyrrole nitrogens is 1. The number of nitrogens with one attached hydrogen (secondary N) is 2. The molecule has 9 nitrogen and oxygen atoms in total. The van der Waals surface area contributed by atoms with Gasteiger partial charge in [0.25, 0.3) is 5.91 Å². The smallest absolute Gasteiger partial charge is 0.279 e. The van der Waals surface area contributed by atoms with Gasteiger partial charge >= 0.3 is 0 Å². The fraction of sp³-hybridized carbons (Fsp3) is 0.250. The standard InChI is InChI=1S/C24H23ClN6O3/c1-15(32)16-5-6-20-21(11-16)27-28-23(20)26-24(33)22-13-19(34-29-22)14-30-7-9-31(10-8-30)18-4-2-3-17(25)12-18/h2-6,11-13H,7-10,14H2,1H3,(H2,26,27,28,33). The van der Waals surface area contributed by atoms with Crippen LogP contribution >= 0.6 is 11.6 Å². The predicted octanol–water partition coefficient (Wildman–Crippen LogP) is 3.98. The van der Waals surface area contributed by atoms with Gasteiger partial charge in [-0.25, -0.2) is 0 Å². The van der Waals surface area contributed by atoms with Gasteiger partial charge in [0.15, 0.2) is 23.1 Å². The summed E-state index contributed by atoms with van der Waals surface area (Å²) in [5.74, 6) is 0.545. The van der Waals surface area contributed by atoms with Gasteiger partial charge in [-0.2, -0.15) is 5.10 Å². The van der Waals surface area contributed by atoms with Crippen molar-refractivity contribution in [1.29, 1.82) is 0 Å². The fourth-order valence-electron chi connectivity index (χ4n) is 4.06. The van der Waals surface area contributed by atoms with Crippen molar-refractivity contribution in [3.63, 3.8) is 0 Å². The molecule has 174 valence electrons. The maximum Gasteiger partial charge on any atom is 0.279 e. The molecular weight excluding hydrogens is 456 g/mol. The van der Waals surface area contributed by atoms with E-state index in [0.29, 0.717) is 34.6 Å². The monoisotopic (exact) mass is 478 g/mol. The van der Waals surface area contributed by atoms with E-state index in [0.717, 1.165) is 36.9 Å². The highest BCUT2D eigenvalue weighted by molar-refractivity contribution is 6.30. The first-order chi connectivity index (χ1) is 16.5. The summed E-state index contributed by atoms with van der Waals surface area (Å²) in [5, 5.41) is 15.1. The zero-order valence-electron chi connectivity index (χ0n) is 18.5. The molecule has 1 amide bonds. The largest absolute Gasteiger partial charge is 0.369 e. The lowest BCUT2D eigenvalue weighted by atomic mass is 10.1. The number of piperazine rings is 1. The van der Waals surface area contributed by atoms with Gasteiger partial charge in [-0.3, -0.25) is 19.6 Å². The molecule has 2 aromatic heterocycles. The number of Topliss-reactive ketones (excluding diaryl/α,β-unsaturated/α-hetero) is 1. The molecule has 0 radical (unpaired) electrons. The molecule has 4 aromatic rings. The Bertz CT molecular complexity index is 1360. The number of nitrogens with zero attached hydrogens (tertiary/aromatic N) is 4. The molecule has 10 heteroatoms. The number of carbonyl (C=O) groups is 2. The van der Waals surface area contributed by atoms with Gasteiger partial charge in [0.05, 0.1) is 12.1 Å². The number of aromatic nitrogens is 3. The molecule has 2 N–H and O–H groups in total. The number of carbonyl (C=O) groups excluding carboxylic acids is 2. The van der Waals surface area contributed by atoms with Crippen LogP contribution in [0.5, 0.6) is 0 Å². The summed E-state index contributed by atoms with van der Waals surface area (Å²) in [6, 6.07) is 14.7. The highest BCUT2D eigenvalue weighted by Gasteiger charge is 2.21. The lowest BCUT2D eigenvalue weighted by Gasteiger charge is -2.35. The molecule has 0 spiro atoms. The Morgan fingerprint density at radius 3 is 2.71 bits per heavy atom. The van der Waals surface area contributed by atoms with Crippen molar-refractivity contribution in [3.05, 3.63) is 70.6 Å². The maximum atomic E-state index is 12.7. The van der Waals surface area contributed by atoms with E-state index in [1.807, 2.05) is 18.2 Å². The summed E-state index contributed by atoms with van der Waals surface area (Å²) in [5.41, 5.74) is 2.54. The van der Waals surface area contributed by atoms with Crippen molar-refractivity contribution in [2.75, 3.05) is 36.4 Å². The van der Waals surface area contributed by atoms with Crippen molar-refractivity contribution in [2.24, 2.45) is 0 Å². The van der Waals surface area contributed by atoms with Crippen molar-refractivity contribution in [2.45, 2.75) is 13.5 Å². The molecule has 0 saturated carbocycles. The molecule has 0 unspecified atom stereocenters. The number of amides is 1. The highest BCUT2D eigenvalue weighted by atomic mass is 35.5. The topological polar surface area (TPSA) is 107 Å². The van der Waals surface area contributed by atoms with Gasteiger partial charge in [0.2, 0.25) is 0 Å². The van der Waals surface area contributed by atoms with Crippen LogP contribution in [0.15, 0.2) is 53.1 Å². The lowest BCUT2D eigenvalue weighted by molar-refractivity contribution is 0.100. The van der Waals surface area contributed by atoms with Gasteiger partial charge in [-0.1, -0.05) is 28.9 Å². The van der Waals surface area contributed by atoms with E-state index >= 15 is 0 Å². The maximum absolute atomic E-state index is 12.7. The van der Waals surface area contributed by atoms with Gasteiger partial charge in [0, 0.05) is 53.9 Å². The van der Waals surface area contributed by atoms with Crippen LogP contribution in [0.2, 0.25) is 5.02 Å². The quantitative estimate of drug-likeness (QED) is 0.403. The minimum absolute atomic E-state index is 0.0388. The number of rotatable bonds is 6. The van der Waals surface area contributed by atoms with Gasteiger partial charge < -0.3 is 14.7 Å². The predicted molar refractivity (Wildman–Crippen MR) is 129 cm³/mol. The van der Waals surface area contributed by atoms with E-state index in [1.165, 1.54) is 6.92 Å². The normalized spacial score (nSPS) is 14.5. The third kappa shape index (κ3) is 4.66. The van der Waals surface area contributed by atoms with Crippen molar-refractivity contribution in [1.82, 2.24) is 20.3 Å². The van der Waals surface area contributed by atoms with Crippen LogP contribution in [0.3, 0.4) is 0 Å². The number of aromatic amines is 1. The third-order valence-electron chi connectivity index (χ3n) is 5.92. The molecular formula is C24H23ClN6O3. The average molecular weight is 479 g/mol. The Morgan fingerprint density at radius 2 is 1.94 bits per heavy atom. The summed E-state index contributed by atoms with van der Waals surface area (Å²) < 4.78 is 5.42. The molecule has 1 aliphatic rings. The first-order valence-corrected chi connectivity index (χ1v) is 11.3. The first-order valence-electron chi connectivity index (χ1n) is 10.9.